The Bertz CT molecular complexity index is 29.3. The highest BCUT2D eigenvalue weighted by Gasteiger charge is 1.94. The van der Waals surface area contributed by atoms with Gasteiger partial charge in [0, 0.05) is 6.54 Å². The minimum Gasteiger partial charge on any atom is -0.263 e. The Balaban J connectivity index is 2.04. The van der Waals surface area contributed by atoms with Gasteiger partial charge in [0.15, 0.2) is 0 Å². The Labute approximate surface area is 52.8 Å². The van der Waals surface area contributed by atoms with Gasteiger partial charge in [0.05, 0.1) is 5.08 Å². The van der Waals surface area contributed by atoms with Gasteiger partial charge in [0.25, 0.3) is 0 Å². The Morgan fingerprint density at radius 2 is 2.43 bits per heavy atom. The Kier molecular flexibility index (Phi) is 3.01. The lowest BCUT2D eigenvalue weighted by atomic mass is 10.5. The first-order valence-electron chi connectivity index (χ1n) is 2.42. The Morgan fingerprint density at radius 3 is 3.43 bits per heavy atom. The topological polar surface area (TPSA) is 12.0 Å². The van der Waals surface area contributed by atoms with Crippen molar-refractivity contribution in [3.63, 3.8) is 0 Å². The highest BCUT2D eigenvalue weighted by atomic mass is 32.2. The van der Waals surface area contributed by atoms with E-state index >= 15 is 0 Å². The number of thioether (sulfide) groups is 1. The van der Waals surface area contributed by atoms with Crippen molar-refractivity contribution < 1.29 is 0 Å². The highest BCUT2D eigenvalue weighted by Crippen LogP contribution is 2.12. The third kappa shape index (κ3) is 2.46. The second-order valence-corrected chi connectivity index (χ2v) is 3.75. The molecule has 1 rings (SSSR count). The zero-order valence-electron chi connectivity index (χ0n) is 4.14. The normalized spacial score (nSPS) is 24.0. The molecule has 0 amide bonds. The van der Waals surface area contributed by atoms with Crippen molar-refractivity contribution in [1.29, 1.82) is 0 Å². The van der Waals surface area contributed by atoms with E-state index < -0.39 is 0 Å². The van der Waals surface area contributed by atoms with Gasteiger partial charge in [0.1, 0.15) is 0 Å². The molecule has 42 valence electrons. The van der Waals surface area contributed by atoms with Crippen molar-refractivity contribution >= 4 is 23.7 Å². The molecule has 0 spiro atoms. The Hall–Kier alpha value is 0.660. The summed E-state index contributed by atoms with van der Waals surface area (Å²) < 4.78 is 3.24. The highest BCUT2D eigenvalue weighted by molar-refractivity contribution is 8.15. The molecular formula is C4H9NS2. The van der Waals surface area contributed by atoms with E-state index in [1.165, 1.54) is 23.8 Å². The van der Waals surface area contributed by atoms with E-state index in [4.69, 9.17) is 0 Å². The standard InChI is InChI=1S/C4H9NS2/c1-2-5-7-4-6-3-1/h5H,1-4H2. The summed E-state index contributed by atoms with van der Waals surface area (Å²) >= 11 is 3.84. The van der Waals surface area contributed by atoms with Crippen LogP contribution >= 0.6 is 23.7 Å². The van der Waals surface area contributed by atoms with Gasteiger partial charge in [-0.25, -0.2) is 0 Å². The van der Waals surface area contributed by atoms with Crippen molar-refractivity contribution in [3.05, 3.63) is 0 Å². The molecule has 0 aromatic heterocycles. The number of hydrogen-bond acceptors (Lipinski definition) is 3. The first kappa shape index (κ1) is 5.79. The molecule has 0 bridgehead atoms. The largest absolute Gasteiger partial charge is 0.263 e. The second-order valence-electron chi connectivity index (χ2n) is 1.42. The zero-order chi connectivity index (χ0) is 4.95. The third-order valence-corrected chi connectivity index (χ3v) is 2.94. The minimum absolute atomic E-state index is 1.19. The number of hydrogen-bond donors (Lipinski definition) is 1. The van der Waals surface area contributed by atoms with Crippen LogP contribution in [0.2, 0.25) is 0 Å². The van der Waals surface area contributed by atoms with Crippen LogP contribution in [0.15, 0.2) is 0 Å². The average Bonchev–Trinajstić information content (AvgIpc) is 1.90. The molecule has 1 N–H and O–H groups in total. The van der Waals surface area contributed by atoms with Crippen LogP contribution in [0.3, 0.4) is 0 Å². The number of rotatable bonds is 0. The molecule has 0 aromatic carbocycles. The van der Waals surface area contributed by atoms with Crippen LogP contribution in [-0.2, 0) is 0 Å². The van der Waals surface area contributed by atoms with Gasteiger partial charge < -0.3 is 0 Å². The van der Waals surface area contributed by atoms with Crippen LogP contribution in [0, 0.1) is 0 Å². The van der Waals surface area contributed by atoms with Crippen LogP contribution < -0.4 is 4.72 Å². The van der Waals surface area contributed by atoms with Crippen molar-refractivity contribution in [1.82, 2.24) is 4.72 Å². The lowest BCUT2D eigenvalue weighted by Crippen LogP contribution is -2.02. The van der Waals surface area contributed by atoms with Gasteiger partial charge in [-0.2, -0.15) is 0 Å². The van der Waals surface area contributed by atoms with Crippen LogP contribution in [-0.4, -0.2) is 17.4 Å². The zero-order valence-corrected chi connectivity index (χ0v) is 5.78. The lowest BCUT2D eigenvalue weighted by molar-refractivity contribution is 0.893. The van der Waals surface area contributed by atoms with E-state index in [-0.39, 0.29) is 0 Å². The summed E-state index contributed by atoms with van der Waals surface area (Å²) in [5.74, 6) is 1.33. The van der Waals surface area contributed by atoms with Gasteiger partial charge in [-0.3, -0.25) is 4.72 Å². The summed E-state index contributed by atoms with van der Waals surface area (Å²) in [6, 6.07) is 0. The maximum atomic E-state index is 3.24. The fraction of sp³-hybridized carbons (Fsp3) is 1.00. The average molecular weight is 135 g/mol. The molecule has 0 atom stereocenters. The van der Waals surface area contributed by atoms with Crippen LogP contribution in [0.5, 0.6) is 0 Å². The van der Waals surface area contributed by atoms with Crippen molar-refractivity contribution in [2.75, 3.05) is 17.4 Å². The fourth-order valence-electron chi connectivity index (χ4n) is 0.461. The van der Waals surface area contributed by atoms with E-state index in [9.17, 15) is 0 Å². The maximum Gasteiger partial charge on any atom is 0.0537 e. The molecule has 1 aliphatic heterocycles. The fourth-order valence-corrected chi connectivity index (χ4v) is 2.24. The molecule has 1 heterocycles. The summed E-state index contributed by atoms with van der Waals surface area (Å²) in [4.78, 5) is 0. The summed E-state index contributed by atoms with van der Waals surface area (Å²) in [6.45, 7) is 1.19. The molecule has 0 aliphatic carbocycles. The van der Waals surface area contributed by atoms with Gasteiger partial charge in [-0.15, -0.1) is 11.8 Å². The first-order valence-corrected chi connectivity index (χ1v) is 4.56. The minimum atomic E-state index is 1.19. The van der Waals surface area contributed by atoms with E-state index in [2.05, 4.69) is 4.72 Å². The second kappa shape index (κ2) is 3.64. The van der Waals surface area contributed by atoms with Crippen molar-refractivity contribution in [2.24, 2.45) is 0 Å². The molecule has 0 radical (unpaired) electrons. The molecule has 3 heteroatoms. The van der Waals surface area contributed by atoms with E-state index in [1.54, 1.807) is 0 Å². The summed E-state index contributed by atoms with van der Waals surface area (Å²) in [6.07, 6.45) is 1.33. The summed E-state index contributed by atoms with van der Waals surface area (Å²) in [5, 5.41) is 1.22. The van der Waals surface area contributed by atoms with Gasteiger partial charge in [-0.05, 0) is 12.2 Å². The van der Waals surface area contributed by atoms with Gasteiger partial charge >= 0.3 is 0 Å². The molecule has 7 heavy (non-hydrogen) atoms. The lowest BCUT2D eigenvalue weighted by Gasteiger charge is -1.90. The van der Waals surface area contributed by atoms with Crippen LogP contribution in [0.1, 0.15) is 6.42 Å². The quantitative estimate of drug-likeness (QED) is 0.503. The number of nitrogens with one attached hydrogen (secondary N) is 1. The molecule has 1 fully saturated rings. The molecule has 1 nitrogen and oxygen atoms in total. The molecule has 1 saturated heterocycles. The first-order chi connectivity index (χ1) is 3.50. The Morgan fingerprint density at radius 1 is 1.43 bits per heavy atom. The van der Waals surface area contributed by atoms with E-state index in [0.717, 1.165) is 0 Å². The van der Waals surface area contributed by atoms with Crippen LogP contribution in [0.4, 0.5) is 0 Å². The van der Waals surface area contributed by atoms with Gasteiger partial charge in [0.2, 0.25) is 0 Å². The van der Waals surface area contributed by atoms with Crippen molar-refractivity contribution in [3.8, 4) is 0 Å². The maximum absolute atomic E-state index is 3.24. The molecule has 1 aliphatic rings. The van der Waals surface area contributed by atoms with E-state index in [1.807, 2.05) is 23.7 Å². The molecule has 0 unspecified atom stereocenters. The van der Waals surface area contributed by atoms with E-state index in [0.29, 0.717) is 0 Å². The SMILES string of the molecule is C1CNSCSC1. The van der Waals surface area contributed by atoms with Crippen molar-refractivity contribution in [2.45, 2.75) is 6.42 Å². The summed E-state index contributed by atoms with van der Waals surface area (Å²) in [5.41, 5.74) is 0. The van der Waals surface area contributed by atoms with Gasteiger partial charge in [-0.1, -0.05) is 11.9 Å². The summed E-state index contributed by atoms with van der Waals surface area (Å²) in [7, 11) is 0. The smallest absolute Gasteiger partial charge is 0.0537 e. The molecule has 0 saturated carbocycles. The molecule has 0 aromatic rings. The third-order valence-electron chi connectivity index (χ3n) is 0.812. The predicted molar refractivity (Wildman–Crippen MR) is 37.5 cm³/mol. The predicted octanol–water partition coefficient (Wildman–Crippen LogP) is 1.32. The molecular weight excluding hydrogens is 126 g/mol. The van der Waals surface area contributed by atoms with Crippen LogP contribution in [0.25, 0.3) is 0 Å². The monoisotopic (exact) mass is 135 g/mol.